The van der Waals surface area contributed by atoms with E-state index in [1.165, 1.54) is 0 Å². The SMILES string of the molecule is CCC(COCCOC(=O)OCCCCN=[N+]=[N-])(COCCOC(=O)OCCCCN=[N+]=[N-])COCCOC(=O)OCCCCN=[N+]=[N-]. The smallest absolute Gasteiger partial charge is 0.434 e. The van der Waals surface area contributed by atoms with Gasteiger partial charge in [-0.15, -0.1) is 0 Å². The van der Waals surface area contributed by atoms with Crippen LogP contribution >= 0.6 is 0 Å². The Labute approximate surface area is 278 Å². The first-order chi connectivity index (χ1) is 23.4. The second-order valence-electron chi connectivity index (χ2n) is 9.84. The summed E-state index contributed by atoms with van der Waals surface area (Å²) in [5, 5.41) is 10.2. The number of ether oxygens (including phenoxy) is 9. The van der Waals surface area contributed by atoms with Crippen molar-refractivity contribution in [1.29, 1.82) is 0 Å². The van der Waals surface area contributed by atoms with E-state index in [1.807, 2.05) is 6.92 Å². The monoisotopic (exact) mass is 689 g/mol. The zero-order valence-electron chi connectivity index (χ0n) is 27.5. The van der Waals surface area contributed by atoms with Crippen molar-refractivity contribution in [3.8, 4) is 0 Å². The summed E-state index contributed by atoms with van der Waals surface area (Å²) in [6.07, 6.45) is 1.38. The van der Waals surface area contributed by atoms with Gasteiger partial charge in [-0.25, -0.2) is 14.4 Å². The Morgan fingerprint density at radius 3 is 1.04 bits per heavy atom. The molecule has 48 heavy (non-hydrogen) atoms. The van der Waals surface area contributed by atoms with Crippen LogP contribution in [0.1, 0.15) is 51.9 Å². The number of azide groups is 3. The van der Waals surface area contributed by atoms with Crippen molar-refractivity contribution in [2.45, 2.75) is 51.9 Å². The van der Waals surface area contributed by atoms with Gasteiger partial charge in [0.1, 0.15) is 19.8 Å². The molecule has 0 aromatic rings. The van der Waals surface area contributed by atoms with Crippen LogP contribution in [0.25, 0.3) is 31.3 Å². The van der Waals surface area contributed by atoms with E-state index in [2.05, 4.69) is 30.1 Å². The highest BCUT2D eigenvalue weighted by molar-refractivity contribution is 5.60. The molecule has 0 spiro atoms. The molecule has 0 rings (SSSR count). The Balaban J connectivity index is 4.58. The van der Waals surface area contributed by atoms with E-state index in [-0.39, 0.29) is 79.3 Å². The molecule has 0 radical (unpaired) electrons. The normalized spacial score (nSPS) is 11.4. The van der Waals surface area contributed by atoms with Crippen molar-refractivity contribution < 1.29 is 57.0 Å². The Hall–Kier alpha value is -4.38. The standard InChI is InChI=1S/C27H47N9O12/c1-2-27(21-40-15-18-46-24(37)43-12-6-3-9-31-34-28,22-41-16-19-47-25(38)44-13-7-4-10-32-35-29)23-42-17-20-48-26(39)45-14-8-5-11-33-36-30/h2-23H2,1H3. The van der Waals surface area contributed by atoms with Crippen molar-refractivity contribution in [2.24, 2.45) is 20.8 Å². The van der Waals surface area contributed by atoms with E-state index >= 15 is 0 Å². The Kier molecular flexibility index (Phi) is 29.6. The molecule has 0 fully saturated rings. The van der Waals surface area contributed by atoms with E-state index in [0.29, 0.717) is 64.6 Å². The number of rotatable bonds is 31. The van der Waals surface area contributed by atoms with Gasteiger partial charge in [0.2, 0.25) is 0 Å². The largest absolute Gasteiger partial charge is 0.508 e. The molecule has 0 aliphatic heterocycles. The fourth-order valence-electron chi connectivity index (χ4n) is 3.43. The van der Waals surface area contributed by atoms with Crippen molar-refractivity contribution >= 4 is 18.5 Å². The van der Waals surface area contributed by atoms with Crippen LogP contribution in [-0.2, 0) is 42.6 Å². The summed E-state index contributed by atoms with van der Waals surface area (Å²) in [4.78, 5) is 43.1. The lowest BCUT2D eigenvalue weighted by atomic mass is 9.88. The Bertz CT molecular complexity index is 899. The maximum absolute atomic E-state index is 11.7. The lowest BCUT2D eigenvalue weighted by Gasteiger charge is -2.32. The van der Waals surface area contributed by atoms with Crippen LogP contribution in [0.3, 0.4) is 0 Å². The van der Waals surface area contributed by atoms with E-state index in [4.69, 9.17) is 59.2 Å². The average molecular weight is 690 g/mol. The fraction of sp³-hybridized carbons (Fsp3) is 0.889. The predicted octanol–water partition coefficient (Wildman–Crippen LogP) is 6.16. The van der Waals surface area contributed by atoms with Crippen LogP contribution in [0.5, 0.6) is 0 Å². The number of carbonyl (C=O) groups is 3. The summed E-state index contributed by atoms with van der Waals surface area (Å²) in [6, 6.07) is 0. The van der Waals surface area contributed by atoms with Crippen molar-refractivity contribution in [3.05, 3.63) is 31.3 Å². The third kappa shape index (κ3) is 27.9. The molecule has 21 nitrogen and oxygen atoms in total. The lowest BCUT2D eigenvalue weighted by molar-refractivity contribution is -0.0861. The molecule has 0 saturated carbocycles. The molecule has 0 aromatic carbocycles. The number of hydrogen-bond donors (Lipinski definition) is 0. The molecule has 0 saturated heterocycles. The number of hydrogen-bond acceptors (Lipinski definition) is 15. The molecule has 0 bridgehead atoms. The van der Waals surface area contributed by atoms with Gasteiger partial charge < -0.3 is 42.6 Å². The highest BCUT2D eigenvalue weighted by Crippen LogP contribution is 2.24. The van der Waals surface area contributed by atoms with Crippen molar-refractivity contribution in [1.82, 2.24) is 0 Å². The quantitative estimate of drug-likeness (QED) is 0.0197. The van der Waals surface area contributed by atoms with Gasteiger partial charge in [-0.3, -0.25) is 0 Å². The summed E-state index contributed by atoms with van der Waals surface area (Å²) in [5.74, 6) is 0. The molecular formula is C27H47N9O12. The van der Waals surface area contributed by atoms with Crippen LogP contribution < -0.4 is 0 Å². The zero-order chi connectivity index (χ0) is 35.4. The van der Waals surface area contributed by atoms with Crippen molar-refractivity contribution in [3.63, 3.8) is 0 Å². The number of carbonyl (C=O) groups excluding carboxylic acids is 3. The van der Waals surface area contributed by atoms with Gasteiger partial charge in [0, 0.05) is 39.8 Å². The molecule has 0 N–H and O–H groups in total. The number of unbranched alkanes of at least 4 members (excludes halogenated alkanes) is 3. The summed E-state index contributed by atoms with van der Waals surface area (Å²) in [5.41, 5.74) is 24.1. The van der Waals surface area contributed by atoms with E-state index in [1.54, 1.807) is 0 Å². The summed E-state index contributed by atoms with van der Waals surface area (Å²) in [6.45, 7) is 3.83. The molecule has 0 unspecified atom stereocenters. The molecule has 272 valence electrons. The first-order valence-electron chi connectivity index (χ1n) is 15.6. The predicted molar refractivity (Wildman–Crippen MR) is 167 cm³/mol. The summed E-state index contributed by atoms with van der Waals surface area (Å²) < 4.78 is 47.1. The van der Waals surface area contributed by atoms with Crippen molar-refractivity contribution in [2.75, 3.05) is 98.9 Å². The molecule has 0 aromatic heterocycles. The molecule has 0 amide bonds. The highest BCUT2D eigenvalue weighted by atomic mass is 16.7. The third-order valence-electron chi connectivity index (χ3n) is 6.12. The number of nitrogens with zero attached hydrogens (tertiary/aromatic N) is 9. The molecule has 21 heteroatoms. The Morgan fingerprint density at radius 1 is 0.479 bits per heavy atom. The van der Waals surface area contributed by atoms with Gasteiger partial charge in [-0.2, -0.15) is 0 Å². The average Bonchev–Trinajstić information content (AvgIpc) is 3.08. The molecule has 0 aliphatic carbocycles. The van der Waals surface area contributed by atoms with Crippen LogP contribution in [0, 0.1) is 5.41 Å². The minimum absolute atomic E-state index is 0.0535. The van der Waals surface area contributed by atoms with Gasteiger partial charge in [-0.05, 0) is 61.5 Å². The fourth-order valence-corrected chi connectivity index (χ4v) is 3.43. The van der Waals surface area contributed by atoms with Gasteiger partial charge in [-0.1, -0.05) is 22.3 Å². The van der Waals surface area contributed by atoms with E-state index < -0.39 is 23.9 Å². The van der Waals surface area contributed by atoms with E-state index in [0.717, 1.165) is 0 Å². The van der Waals surface area contributed by atoms with Crippen LogP contribution in [-0.4, -0.2) is 117 Å². The van der Waals surface area contributed by atoms with Crippen LogP contribution in [0.15, 0.2) is 15.3 Å². The Morgan fingerprint density at radius 2 is 0.771 bits per heavy atom. The minimum atomic E-state index is -0.839. The zero-order valence-corrected chi connectivity index (χ0v) is 27.5. The van der Waals surface area contributed by atoms with Crippen LogP contribution in [0.4, 0.5) is 14.4 Å². The molecule has 0 heterocycles. The summed E-state index contributed by atoms with van der Waals surface area (Å²) >= 11 is 0. The maximum Gasteiger partial charge on any atom is 0.508 e. The topological polar surface area (TPSA) is 281 Å². The molecule has 0 aliphatic rings. The summed E-state index contributed by atoms with van der Waals surface area (Å²) in [7, 11) is 0. The third-order valence-corrected chi connectivity index (χ3v) is 6.12. The second-order valence-corrected chi connectivity index (χ2v) is 9.84. The van der Waals surface area contributed by atoms with Gasteiger partial charge in [0.05, 0.1) is 59.5 Å². The highest BCUT2D eigenvalue weighted by Gasteiger charge is 2.30. The maximum atomic E-state index is 11.7. The molecule has 0 atom stereocenters. The first-order valence-corrected chi connectivity index (χ1v) is 15.6. The van der Waals surface area contributed by atoms with Gasteiger partial charge >= 0.3 is 18.5 Å². The second kappa shape index (κ2) is 32.6. The van der Waals surface area contributed by atoms with Crippen LogP contribution in [0.2, 0.25) is 0 Å². The van der Waals surface area contributed by atoms with Gasteiger partial charge in [0.25, 0.3) is 0 Å². The van der Waals surface area contributed by atoms with Gasteiger partial charge in [0.15, 0.2) is 0 Å². The van der Waals surface area contributed by atoms with E-state index in [9.17, 15) is 14.4 Å². The lowest BCUT2D eigenvalue weighted by Crippen LogP contribution is -2.38. The molecular weight excluding hydrogens is 642 g/mol. The minimum Gasteiger partial charge on any atom is -0.434 e. The first kappa shape index (κ1) is 43.6.